The molecule has 1 amide bonds. The van der Waals surface area contributed by atoms with Gasteiger partial charge in [0.25, 0.3) is 0 Å². The van der Waals surface area contributed by atoms with Crippen molar-refractivity contribution in [3.05, 3.63) is 121 Å². The number of anilines is 1. The summed E-state index contributed by atoms with van der Waals surface area (Å²) in [5, 5.41) is 17.7. The first kappa shape index (κ1) is 28.3. The Morgan fingerprint density at radius 3 is 2.41 bits per heavy atom. The summed E-state index contributed by atoms with van der Waals surface area (Å²) in [6, 6.07) is 24.0. The number of ether oxygens (including phenoxy) is 1. The SMILES string of the molecule is CC1=C(C(=O)OCc2ccccc2)[C@H](c2ccccc2Cl)C(C#N)=C(SCC(=O)Nc2cccc(Cl)c2C)N1. The molecule has 1 aliphatic heterocycles. The van der Waals surface area contributed by atoms with Gasteiger partial charge in [0.2, 0.25) is 5.91 Å². The summed E-state index contributed by atoms with van der Waals surface area (Å²) in [4.78, 5) is 26.2. The number of nitrogens with one attached hydrogen (secondary N) is 2. The number of carbonyl (C=O) groups is 2. The molecule has 0 aliphatic carbocycles. The molecular weight excluding hydrogens is 553 g/mol. The van der Waals surface area contributed by atoms with Crippen LogP contribution in [0.5, 0.6) is 0 Å². The Kier molecular flexibility index (Phi) is 9.36. The van der Waals surface area contributed by atoms with E-state index in [1.54, 1.807) is 49.4 Å². The zero-order chi connectivity index (χ0) is 27.9. The number of thioether (sulfide) groups is 1. The quantitative estimate of drug-likeness (QED) is 0.277. The molecule has 0 spiro atoms. The molecule has 0 aromatic heterocycles. The number of benzene rings is 3. The maximum atomic E-state index is 13.4. The summed E-state index contributed by atoms with van der Waals surface area (Å²) >= 11 is 13.9. The molecule has 0 bridgehead atoms. The molecule has 0 saturated carbocycles. The Morgan fingerprint density at radius 2 is 1.69 bits per heavy atom. The molecule has 0 radical (unpaired) electrons. The number of rotatable bonds is 8. The molecule has 6 nitrogen and oxygen atoms in total. The number of allylic oxidation sites excluding steroid dienone is 2. The molecule has 198 valence electrons. The highest BCUT2D eigenvalue weighted by Crippen LogP contribution is 2.43. The van der Waals surface area contributed by atoms with Gasteiger partial charge in [0.1, 0.15) is 6.61 Å². The van der Waals surface area contributed by atoms with Crippen LogP contribution in [0.4, 0.5) is 5.69 Å². The van der Waals surface area contributed by atoms with E-state index in [0.717, 1.165) is 11.1 Å². The van der Waals surface area contributed by atoms with E-state index < -0.39 is 11.9 Å². The lowest BCUT2D eigenvalue weighted by molar-refractivity contribution is -0.140. The Bertz CT molecular complexity index is 1510. The fraction of sp³-hybridized carbons (Fsp3) is 0.167. The van der Waals surface area contributed by atoms with E-state index >= 15 is 0 Å². The average Bonchev–Trinajstić information content (AvgIpc) is 2.93. The van der Waals surface area contributed by atoms with E-state index in [0.29, 0.717) is 37.6 Å². The standard InChI is InChI=1S/C30H25Cl2N3O3S/c1-18-23(31)13-8-14-25(18)35-26(36)17-39-29-22(15-33)28(21-11-6-7-12-24(21)32)27(19(2)34-29)30(37)38-16-20-9-4-3-5-10-20/h3-14,28,34H,16-17H2,1-2H3,(H,35,36)/t28-/m1/s1. The Hall–Kier alpha value is -3.70. The highest BCUT2D eigenvalue weighted by molar-refractivity contribution is 8.03. The zero-order valence-corrected chi connectivity index (χ0v) is 23.6. The van der Waals surface area contributed by atoms with E-state index in [4.69, 9.17) is 27.9 Å². The second kappa shape index (κ2) is 12.9. The molecule has 3 aromatic carbocycles. The van der Waals surface area contributed by atoms with Crippen LogP contribution in [0.25, 0.3) is 0 Å². The van der Waals surface area contributed by atoms with Crippen molar-refractivity contribution in [2.75, 3.05) is 11.1 Å². The van der Waals surface area contributed by atoms with Crippen molar-refractivity contribution < 1.29 is 14.3 Å². The van der Waals surface area contributed by atoms with Gasteiger partial charge < -0.3 is 15.4 Å². The lowest BCUT2D eigenvalue weighted by Crippen LogP contribution is -2.29. The normalized spacial score (nSPS) is 14.9. The summed E-state index contributed by atoms with van der Waals surface area (Å²) in [7, 11) is 0. The molecule has 1 atom stereocenters. The fourth-order valence-corrected chi connectivity index (χ4v) is 5.50. The Balaban J connectivity index is 1.61. The largest absolute Gasteiger partial charge is 0.457 e. The Labute approximate surface area is 241 Å². The molecule has 0 fully saturated rings. The van der Waals surface area contributed by atoms with Crippen molar-refractivity contribution in [3.63, 3.8) is 0 Å². The van der Waals surface area contributed by atoms with Gasteiger partial charge in [-0.1, -0.05) is 89.6 Å². The number of dihydropyridines is 1. The number of hydrogen-bond acceptors (Lipinski definition) is 6. The van der Waals surface area contributed by atoms with Crippen LogP contribution in [0.2, 0.25) is 10.0 Å². The molecule has 39 heavy (non-hydrogen) atoms. The van der Waals surface area contributed by atoms with Crippen LogP contribution < -0.4 is 10.6 Å². The third-order valence-electron chi connectivity index (χ3n) is 6.19. The van der Waals surface area contributed by atoms with Crippen LogP contribution >= 0.6 is 35.0 Å². The first-order valence-electron chi connectivity index (χ1n) is 12.1. The van der Waals surface area contributed by atoms with Crippen LogP contribution in [0.15, 0.2) is 94.7 Å². The van der Waals surface area contributed by atoms with Gasteiger partial charge in [-0.3, -0.25) is 4.79 Å². The molecule has 3 aromatic rings. The minimum absolute atomic E-state index is 0.0236. The molecule has 0 saturated heterocycles. The van der Waals surface area contributed by atoms with Crippen LogP contribution in [-0.4, -0.2) is 17.6 Å². The Morgan fingerprint density at radius 1 is 1.00 bits per heavy atom. The predicted molar refractivity (Wildman–Crippen MR) is 156 cm³/mol. The zero-order valence-electron chi connectivity index (χ0n) is 21.3. The first-order chi connectivity index (χ1) is 18.8. The number of amides is 1. The minimum atomic E-state index is -0.769. The van der Waals surface area contributed by atoms with Crippen molar-refractivity contribution in [3.8, 4) is 6.07 Å². The number of nitrogens with zero attached hydrogens (tertiary/aromatic N) is 1. The van der Waals surface area contributed by atoms with Crippen molar-refractivity contribution >= 4 is 52.5 Å². The smallest absolute Gasteiger partial charge is 0.337 e. The average molecular weight is 579 g/mol. The second-order valence-electron chi connectivity index (χ2n) is 8.78. The summed E-state index contributed by atoms with van der Waals surface area (Å²) in [5.74, 6) is -1.56. The van der Waals surface area contributed by atoms with Crippen LogP contribution in [-0.2, 0) is 20.9 Å². The highest BCUT2D eigenvalue weighted by atomic mass is 35.5. The summed E-state index contributed by atoms with van der Waals surface area (Å²) < 4.78 is 5.65. The summed E-state index contributed by atoms with van der Waals surface area (Å²) in [5.41, 5.74) is 3.91. The third kappa shape index (κ3) is 6.66. The van der Waals surface area contributed by atoms with E-state index in [9.17, 15) is 14.9 Å². The molecule has 1 aliphatic rings. The first-order valence-corrected chi connectivity index (χ1v) is 13.8. The summed E-state index contributed by atoms with van der Waals surface area (Å²) in [6.45, 7) is 3.65. The highest BCUT2D eigenvalue weighted by Gasteiger charge is 2.36. The third-order valence-corrected chi connectivity index (χ3v) is 7.96. The van der Waals surface area contributed by atoms with E-state index in [2.05, 4.69) is 16.7 Å². The number of hydrogen-bond donors (Lipinski definition) is 2. The van der Waals surface area contributed by atoms with Gasteiger partial charge in [-0.15, -0.1) is 0 Å². The molecular formula is C30H25Cl2N3O3S. The molecule has 0 unspecified atom stereocenters. The number of esters is 1. The van der Waals surface area contributed by atoms with E-state index in [1.807, 2.05) is 37.3 Å². The van der Waals surface area contributed by atoms with Gasteiger partial charge in [-0.05, 0) is 48.7 Å². The molecule has 2 N–H and O–H groups in total. The number of carbonyl (C=O) groups excluding carboxylic acids is 2. The maximum Gasteiger partial charge on any atom is 0.337 e. The van der Waals surface area contributed by atoms with Crippen LogP contribution in [0.1, 0.15) is 29.5 Å². The predicted octanol–water partition coefficient (Wildman–Crippen LogP) is 7.11. The summed E-state index contributed by atoms with van der Waals surface area (Å²) in [6.07, 6.45) is 0. The lowest BCUT2D eigenvalue weighted by Gasteiger charge is -2.29. The molecule has 1 heterocycles. The molecule has 9 heteroatoms. The van der Waals surface area contributed by atoms with Crippen molar-refractivity contribution in [1.82, 2.24) is 5.32 Å². The number of halogens is 2. The van der Waals surface area contributed by atoms with Crippen LogP contribution in [0, 0.1) is 18.3 Å². The van der Waals surface area contributed by atoms with Gasteiger partial charge in [-0.2, -0.15) is 5.26 Å². The van der Waals surface area contributed by atoms with E-state index in [-0.39, 0.29) is 23.8 Å². The van der Waals surface area contributed by atoms with Gasteiger partial charge >= 0.3 is 5.97 Å². The monoisotopic (exact) mass is 577 g/mol. The topological polar surface area (TPSA) is 91.2 Å². The van der Waals surface area contributed by atoms with Crippen molar-refractivity contribution in [1.29, 1.82) is 5.26 Å². The second-order valence-corrected chi connectivity index (χ2v) is 10.6. The van der Waals surface area contributed by atoms with Gasteiger partial charge in [0.05, 0.1) is 33.9 Å². The van der Waals surface area contributed by atoms with Crippen LogP contribution in [0.3, 0.4) is 0 Å². The fourth-order valence-electron chi connectivity index (χ4n) is 4.18. The number of nitriles is 1. The van der Waals surface area contributed by atoms with E-state index in [1.165, 1.54) is 11.8 Å². The van der Waals surface area contributed by atoms with Gasteiger partial charge in [-0.25, -0.2) is 4.79 Å². The van der Waals surface area contributed by atoms with Gasteiger partial charge in [0, 0.05) is 21.4 Å². The van der Waals surface area contributed by atoms with Crippen molar-refractivity contribution in [2.45, 2.75) is 26.4 Å². The van der Waals surface area contributed by atoms with Crippen molar-refractivity contribution in [2.24, 2.45) is 0 Å². The maximum absolute atomic E-state index is 13.4. The molecule has 4 rings (SSSR count). The van der Waals surface area contributed by atoms with Gasteiger partial charge in [0.15, 0.2) is 0 Å². The minimum Gasteiger partial charge on any atom is -0.457 e. The lowest BCUT2D eigenvalue weighted by atomic mass is 9.82.